The fraction of sp³-hybridized carbons (Fsp3) is 0.480. The van der Waals surface area contributed by atoms with Crippen molar-refractivity contribution in [2.45, 2.75) is 46.5 Å². The van der Waals surface area contributed by atoms with E-state index in [-0.39, 0.29) is 16.0 Å². The second-order valence-electron chi connectivity index (χ2n) is 9.66. The number of nitrogens with one attached hydrogen (secondary N) is 1. The summed E-state index contributed by atoms with van der Waals surface area (Å²) in [7, 11) is 0. The Bertz CT molecular complexity index is 919. The predicted octanol–water partition coefficient (Wildman–Crippen LogP) is 5.74. The van der Waals surface area contributed by atoms with Gasteiger partial charge < -0.3 is 9.88 Å². The average molecular weight is 413 g/mol. The van der Waals surface area contributed by atoms with E-state index in [0.29, 0.717) is 11.8 Å². The number of H-pyrrole nitrogens is 1. The van der Waals surface area contributed by atoms with Gasteiger partial charge in [-0.2, -0.15) is 0 Å². The SMILES string of the molecule is CC(C)CN1CC[C@H](/C=C(\c2ccc(C(C)(C)C)cc2)c2ccc(Cl)c(=O)[nH]2)C1. The summed E-state index contributed by atoms with van der Waals surface area (Å²) in [5, 5.41) is 0.222. The summed E-state index contributed by atoms with van der Waals surface area (Å²) < 4.78 is 0. The lowest BCUT2D eigenvalue weighted by Crippen LogP contribution is -2.25. The molecule has 2 heterocycles. The Morgan fingerprint density at radius 2 is 1.90 bits per heavy atom. The van der Waals surface area contributed by atoms with Crippen LogP contribution < -0.4 is 5.56 Å². The van der Waals surface area contributed by atoms with Crippen LogP contribution >= 0.6 is 11.6 Å². The third-order valence-corrected chi connectivity index (χ3v) is 5.85. The lowest BCUT2D eigenvalue weighted by molar-refractivity contribution is 0.293. The standard InChI is InChI=1S/C25H33ClN2O/c1-17(2)15-28-13-12-18(16-28)14-21(23-11-10-22(26)24(29)27-23)19-6-8-20(9-7-19)25(3,4)5/h6-11,14,17-18H,12-13,15-16H2,1-5H3,(H,27,29)/b21-14+/t18-/m1/s1. The van der Waals surface area contributed by atoms with Crippen LogP contribution in [-0.4, -0.2) is 29.5 Å². The number of benzene rings is 1. The Morgan fingerprint density at radius 3 is 2.48 bits per heavy atom. The molecule has 0 radical (unpaired) electrons. The van der Waals surface area contributed by atoms with Crippen LogP contribution in [0.5, 0.6) is 0 Å². The topological polar surface area (TPSA) is 36.1 Å². The van der Waals surface area contributed by atoms with Crippen LogP contribution in [0, 0.1) is 11.8 Å². The van der Waals surface area contributed by atoms with Crippen molar-refractivity contribution in [3.8, 4) is 0 Å². The Labute approximate surface area is 179 Å². The summed E-state index contributed by atoms with van der Waals surface area (Å²) in [4.78, 5) is 17.7. The number of hydrogen-bond donors (Lipinski definition) is 1. The molecule has 4 heteroatoms. The van der Waals surface area contributed by atoms with Gasteiger partial charge in [0.1, 0.15) is 5.02 Å². The van der Waals surface area contributed by atoms with Crippen molar-refractivity contribution in [1.82, 2.24) is 9.88 Å². The molecule has 1 aromatic carbocycles. The molecule has 0 amide bonds. The van der Waals surface area contributed by atoms with E-state index >= 15 is 0 Å². The van der Waals surface area contributed by atoms with Gasteiger partial charge in [0.2, 0.25) is 0 Å². The first-order valence-electron chi connectivity index (χ1n) is 10.6. The predicted molar refractivity (Wildman–Crippen MR) is 124 cm³/mol. The fourth-order valence-corrected chi connectivity index (χ4v) is 4.13. The van der Waals surface area contributed by atoms with Crippen molar-refractivity contribution in [3.63, 3.8) is 0 Å². The Hall–Kier alpha value is -1.84. The minimum atomic E-state index is -0.241. The number of halogens is 1. The molecule has 0 unspecified atom stereocenters. The first-order valence-corrected chi connectivity index (χ1v) is 11.0. The van der Waals surface area contributed by atoms with Gasteiger partial charge in [-0.25, -0.2) is 0 Å². The van der Waals surface area contributed by atoms with Gasteiger partial charge in [-0.05, 0) is 53.5 Å². The summed E-state index contributed by atoms with van der Waals surface area (Å²) in [5.74, 6) is 1.15. The summed E-state index contributed by atoms with van der Waals surface area (Å²) >= 11 is 5.97. The zero-order valence-corrected chi connectivity index (χ0v) is 19.0. The van der Waals surface area contributed by atoms with Gasteiger partial charge in [0.05, 0.1) is 0 Å². The summed E-state index contributed by atoms with van der Waals surface area (Å²) in [5.41, 5.74) is 4.20. The Kier molecular flexibility index (Phi) is 6.70. The van der Waals surface area contributed by atoms with Crippen molar-refractivity contribution in [3.05, 3.63) is 74.7 Å². The van der Waals surface area contributed by atoms with Gasteiger partial charge in [0.25, 0.3) is 5.56 Å². The molecule has 0 aliphatic carbocycles. The maximum absolute atomic E-state index is 12.1. The minimum absolute atomic E-state index is 0.111. The van der Waals surface area contributed by atoms with E-state index in [2.05, 4.69) is 74.8 Å². The van der Waals surface area contributed by atoms with Crippen molar-refractivity contribution in [2.24, 2.45) is 11.8 Å². The monoisotopic (exact) mass is 412 g/mol. The first-order chi connectivity index (χ1) is 13.6. The molecule has 1 saturated heterocycles. The molecule has 29 heavy (non-hydrogen) atoms. The van der Waals surface area contributed by atoms with Crippen molar-refractivity contribution in [1.29, 1.82) is 0 Å². The molecule has 1 aromatic heterocycles. The normalized spacial score (nSPS) is 18.6. The number of pyridine rings is 1. The molecule has 1 fully saturated rings. The quantitative estimate of drug-likeness (QED) is 0.680. The first kappa shape index (κ1) is 21.9. The van der Waals surface area contributed by atoms with Gasteiger partial charge in [0.15, 0.2) is 0 Å². The largest absolute Gasteiger partial charge is 0.321 e. The lowest BCUT2D eigenvalue weighted by atomic mass is 9.85. The molecule has 3 rings (SSSR count). The third-order valence-electron chi connectivity index (χ3n) is 5.55. The van der Waals surface area contributed by atoms with E-state index in [9.17, 15) is 4.79 Å². The Balaban J connectivity index is 1.96. The molecular formula is C25H33ClN2O. The van der Waals surface area contributed by atoms with Crippen LogP contribution in [0.25, 0.3) is 5.57 Å². The highest BCUT2D eigenvalue weighted by atomic mass is 35.5. The molecule has 0 spiro atoms. The van der Waals surface area contributed by atoms with E-state index in [4.69, 9.17) is 11.6 Å². The molecule has 1 atom stereocenters. The van der Waals surface area contributed by atoms with Gasteiger partial charge in [0, 0.05) is 24.4 Å². The second kappa shape index (κ2) is 8.89. The number of aromatic nitrogens is 1. The maximum Gasteiger partial charge on any atom is 0.267 e. The van der Waals surface area contributed by atoms with Crippen LogP contribution in [0.4, 0.5) is 0 Å². The lowest BCUT2D eigenvalue weighted by Gasteiger charge is -2.20. The van der Waals surface area contributed by atoms with E-state index in [1.165, 1.54) is 5.56 Å². The zero-order chi connectivity index (χ0) is 21.2. The highest BCUT2D eigenvalue weighted by Crippen LogP contribution is 2.30. The number of likely N-dealkylation sites (tertiary alicyclic amines) is 1. The van der Waals surface area contributed by atoms with Crippen molar-refractivity contribution in [2.75, 3.05) is 19.6 Å². The number of aromatic amines is 1. The van der Waals surface area contributed by atoms with E-state index in [0.717, 1.165) is 42.9 Å². The molecule has 0 saturated carbocycles. The molecule has 2 aromatic rings. The Morgan fingerprint density at radius 1 is 1.21 bits per heavy atom. The van der Waals surface area contributed by atoms with Crippen LogP contribution in [-0.2, 0) is 5.41 Å². The number of nitrogens with zero attached hydrogens (tertiary/aromatic N) is 1. The van der Waals surface area contributed by atoms with Gasteiger partial charge >= 0.3 is 0 Å². The molecule has 1 aliphatic rings. The van der Waals surface area contributed by atoms with Crippen LogP contribution in [0.1, 0.15) is 57.9 Å². The molecular weight excluding hydrogens is 380 g/mol. The van der Waals surface area contributed by atoms with E-state index in [1.807, 2.05) is 6.07 Å². The van der Waals surface area contributed by atoms with Gasteiger partial charge in [-0.1, -0.05) is 76.6 Å². The highest BCUT2D eigenvalue weighted by Gasteiger charge is 2.23. The smallest absolute Gasteiger partial charge is 0.267 e. The van der Waals surface area contributed by atoms with E-state index < -0.39 is 0 Å². The summed E-state index contributed by atoms with van der Waals surface area (Å²) in [6.07, 6.45) is 3.49. The molecule has 1 aliphatic heterocycles. The van der Waals surface area contributed by atoms with Crippen LogP contribution in [0.15, 0.2) is 47.3 Å². The fourth-order valence-electron chi connectivity index (χ4n) is 4.02. The number of hydrogen-bond acceptors (Lipinski definition) is 2. The van der Waals surface area contributed by atoms with Gasteiger partial charge in [-0.3, -0.25) is 4.79 Å². The zero-order valence-electron chi connectivity index (χ0n) is 18.3. The maximum atomic E-state index is 12.1. The molecule has 1 N–H and O–H groups in total. The highest BCUT2D eigenvalue weighted by molar-refractivity contribution is 6.30. The van der Waals surface area contributed by atoms with Crippen molar-refractivity contribution >= 4 is 17.2 Å². The second-order valence-corrected chi connectivity index (χ2v) is 10.1. The summed E-state index contributed by atoms with van der Waals surface area (Å²) in [6.45, 7) is 14.5. The number of rotatable bonds is 5. The van der Waals surface area contributed by atoms with Gasteiger partial charge in [-0.15, -0.1) is 0 Å². The van der Waals surface area contributed by atoms with Crippen LogP contribution in [0.2, 0.25) is 5.02 Å². The van der Waals surface area contributed by atoms with Crippen molar-refractivity contribution < 1.29 is 0 Å². The molecule has 156 valence electrons. The average Bonchev–Trinajstić information content (AvgIpc) is 3.08. The summed E-state index contributed by atoms with van der Waals surface area (Å²) in [6, 6.07) is 12.3. The van der Waals surface area contributed by atoms with E-state index in [1.54, 1.807) is 6.07 Å². The molecule has 3 nitrogen and oxygen atoms in total. The molecule has 0 bridgehead atoms. The third kappa shape index (κ3) is 5.61. The minimum Gasteiger partial charge on any atom is -0.321 e. The van der Waals surface area contributed by atoms with Crippen LogP contribution in [0.3, 0.4) is 0 Å².